The van der Waals surface area contributed by atoms with E-state index < -0.39 is 19.9 Å². The van der Waals surface area contributed by atoms with Gasteiger partial charge in [-0.1, -0.05) is 0 Å². The number of sulfone groups is 1. The van der Waals surface area contributed by atoms with Crippen LogP contribution in [0.15, 0.2) is 47.6 Å². The summed E-state index contributed by atoms with van der Waals surface area (Å²) in [6, 6.07) is 7.19. The van der Waals surface area contributed by atoms with Gasteiger partial charge in [0.15, 0.2) is 9.84 Å². The van der Waals surface area contributed by atoms with E-state index >= 15 is 0 Å². The van der Waals surface area contributed by atoms with E-state index in [0.717, 1.165) is 0 Å². The highest BCUT2D eigenvalue weighted by molar-refractivity contribution is 7.92. The van der Waals surface area contributed by atoms with E-state index in [1.807, 2.05) is 0 Å². The fraction of sp³-hybridized carbons (Fsp3) is 0.312. The molecule has 2 N–H and O–H groups in total. The molecule has 0 bridgehead atoms. The van der Waals surface area contributed by atoms with Crippen LogP contribution in [0.4, 0.5) is 11.6 Å². The van der Waals surface area contributed by atoms with Crippen molar-refractivity contribution in [1.29, 1.82) is 0 Å². The maximum atomic E-state index is 12.3. The average molecular weight is 410 g/mol. The molecule has 9 nitrogen and oxygen atoms in total. The Bertz CT molecular complexity index is 1020. The van der Waals surface area contributed by atoms with Crippen molar-refractivity contribution < 1.29 is 21.6 Å². The van der Waals surface area contributed by atoms with Gasteiger partial charge in [0, 0.05) is 24.5 Å². The molecule has 0 unspecified atom stereocenters. The Morgan fingerprint density at radius 3 is 2.41 bits per heavy atom. The maximum Gasteiger partial charge on any atom is 0.264 e. The second kappa shape index (κ2) is 7.61. The van der Waals surface area contributed by atoms with Crippen molar-refractivity contribution in [3.63, 3.8) is 0 Å². The Morgan fingerprint density at radius 2 is 1.81 bits per heavy atom. The highest BCUT2D eigenvalue weighted by Gasteiger charge is 2.29. The molecule has 144 valence electrons. The van der Waals surface area contributed by atoms with Gasteiger partial charge in [-0.15, -0.1) is 0 Å². The predicted molar refractivity (Wildman–Crippen MR) is 99.3 cm³/mol. The summed E-state index contributed by atoms with van der Waals surface area (Å²) in [4.78, 5) is 19.7. The molecule has 3 rings (SSSR count). The van der Waals surface area contributed by atoms with Gasteiger partial charge < -0.3 is 5.32 Å². The Labute approximate surface area is 157 Å². The number of anilines is 2. The van der Waals surface area contributed by atoms with Gasteiger partial charge in [0.1, 0.15) is 0 Å². The molecule has 1 amide bonds. The van der Waals surface area contributed by atoms with Crippen LogP contribution in [0.2, 0.25) is 0 Å². The smallest absolute Gasteiger partial charge is 0.264 e. The molecule has 1 aromatic carbocycles. The monoisotopic (exact) mass is 410 g/mol. The number of nitrogens with one attached hydrogen (secondary N) is 2. The third-order valence-corrected chi connectivity index (χ3v) is 7.22. The minimum absolute atomic E-state index is 0.00478. The number of benzene rings is 1. The summed E-state index contributed by atoms with van der Waals surface area (Å²) < 4.78 is 49.7. The Balaban J connectivity index is 1.60. The predicted octanol–water partition coefficient (Wildman–Crippen LogP) is 1.04. The van der Waals surface area contributed by atoms with Crippen molar-refractivity contribution in [3.05, 3.63) is 42.7 Å². The van der Waals surface area contributed by atoms with Gasteiger partial charge >= 0.3 is 0 Å². The second-order valence-electron chi connectivity index (χ2n) is 6.22. The van der Waals surface area contributed by atoms with Crippen molar-refractivity contribution in [2.45, 2.75) is 17.7 Å². The number of carbonyl (C=O) groups excluding carboxylic acids is 1. The normalized spacial score (nSPS) is 18.7. The van der Waals surface area contributed by atoms with Gasteiger partial charge in [-0.3, -0.25) is 4.79 Å². The quantitative estimate of drug-likeness (QED) is 0.726. The lowest BCUT2D eigenvalue weighted by molar-refractivity contribution is -0.116. The summed E-state index contributed by atoms with van der Waals surface area (Å²) in [5.41, 5.74) is 0.427. The molecule has 1 aromatic heterocycles. The second-order valence-corrected chi connectivity index (χ2v) is 10.1. The third-order valence-electron chi connectivity index (χ3n) is 4.04. The molecule has 0 aliphatic carbocycles. The highest BCUT2D eigenvalue weighted by Crippen LogP contribution is 2.22. The number of aromatic nitrogens is 2. The Morgan fingerprint density at radius 1 is 1.15 bits per heavy atom. The van der Waals surface area contributed by atoms with Crippen molar-refractivity contribution in [2.24, 2.45) is 5.92 Å². The van der Waals surface area contributed by atoms with Crippen LogP contribution in [-0.2, 0) is 24.7 Å². The number of amides is 1. The molecule has 1 saturated heterocycles. The van der Waals surface area contributed by atoms with Crippen LogP contribution in [0.1, 0.15) is 12.8 Å². The summed E-state index contributed by atoms with van der Waals surface area (Å²) in [5, 5.41) is 2.65. The maximum absolute atomic E-state index is 12.3. The van der Waals surface area contributed by atoms with Gasteiger partial charge in [0.2, 0.25) is 11.9 Å². The molecule has 0 saturated carbocycles. The largest absolute Gasteiger partial charge is 0.326 e. The van der Waals surface area contributed by atoms with Crippen LogP contribution in [0.5, 0.6) is 0 Å². The van der Waals surface area contributed by atoms with Gasteiger partial charge in [-0.2, -0.15) is 0 Å². The lowest BCUT2D eigenvalue weighted by atomic mass is 10.1. The fourth-order valence-electron chi connectivity index (χ4n) is 2.76. The Kier molecular flexibility index (Phi) is 5.42. The molecule has 2 heterocycles. The summed E-state index contributed by atoms with van der Waals surface area (Å²) >= 11 is 0. The average Bonchev–Trinajstić information content (AvgIpc) is 2.94. The molecule has 1 aliphatic rings. The molecule has 0 spiro atoms. The first kappa shape index (κ1) is 19.2. The van der Waals surface area contributed by atoms with E-state index in [4.69, 9.17) is 0 Å². The zero-order valence-corrected chi connectivity index (χ0v) is 15.8. The van der Waals surface area contributed by atoms with E-state index in [2.05, 4.69) is 20.0 Å². The third kappa shape index (κ3) is 5.23. The Hall–Kier alpha value is -2.53. The van der Waals surface area contributed by atoms with Crippen LogP contribution in [0.3, 0.4) is 0 Å². The number of hydrogen-bond donors (Lipinski definition) is 2. The highest BCUT2D eigenvalue weighted by atomic mass is 32.2. The first-order chi connectivity index (χ1) is 12.7. The van der Waals surface area contributed by atoms with Crippen LogP contribution in [0, 0.1) is 5.92 Å². The van der Waals surface area contributed by atoms with Gasteiger partial charge in [0.05, 0.1) is 16.4 Å². The van der Waals surface area contributed by atoms with E-state index in [0.29, 0.717) is 12.1 Å². The van der Waals surface area contributed by atoms with Crippen molar-refractivity contribution >= 4 is 37.4 Å². The number of sulfonamides is 1. The minimum atomic E-state index is -3.84. The van der Waals surface area contributed by atoms with Crippen LogP contribution in [0.25, 0.3) is 0 Å². The van der Waals surface area contributed by atoms with E-state index in [1.165, 1.54) is 36.7 Å². The number of rotatable bonds is 6. The standard InChI is InChI=1S/C16H18N4O5S2/c21-15(10-12-6-9-26(22,23)11-12)19-13-2-4-14(5-3-13)27(24,25)20-16-17-7-1-8-18-16/h1-5,7-8,12H,6,9-11H2,(H,19,21)(H,17,18,20)/t12-/m1/s1. The molecular weight excluding hydrogens is 392 g/mol. The molecule has 1 aliphatic heterocycles. The molecule has 11 heteroatoms. The number of hydrogen-bond acceptors (Lipinski definition) is 7. The summed E-state index contributed by atoms with van der Waals surface area (Å²) in [5.74, 6) is -0.366. The molecule has 27 heavy (non-hydrogen) atoms. The summed E-state index contributed by atoms with van der Waals surface area (Å²) in [7, 11) is -6.87. The number of carbonyl (C=O) groups is 1. The fourth-order valence-corrected chi connectivity index (χ4v) is 5.58. The van der Waals surface area contributed by atoms with Gasteiger partial charge in [-0.05, 0) is 42.7 Å². The van der Waals surface area contributed by atoms with Crippen molar-refractivity contribution in [3.8, 4) is 0 Å². The zero-order chi connectivity index (χ0) is 19.5. The van der Waals surface area contributed by atoms with Crippen LogP contribution < -0.4 is 10.0 Å². The SMILES string of the molecule is O=C(C[C@H]1CCS(=O)(=O)C1)Nc1ccc(S(=O)(=O)Nc2ncccn2)cc1. The van der Waals surface area contributed by atoms with Crippen LogP contribution in [-0.4, -0.2) is 44.2 Å². The van der Waals surface area contributed by atoms with Crippen LogP contribution >= 0.6 is 0 Å². The molecule has 1 atom stereocenters. The first-order valence-electron chi connectivity index (χ1n) is 8.14. The van der Waals surface area contributed by atoms with Crippen molar-refractivity contribution in [2.75, 3.05) is 21.5 Å². The molecule has 1 fully saturated rings. The topological polar surface area (TPSA) is 135 Å². The van der Waals surface area contributed by atoms with E-state index in [1.54, 1.807) is 6.07 Å². The lowest BCUT2D eigenvalue weighted by Gasteiger charge is -2.10. The van der Waals surface area contributed by atoms with Gasteiger partial charge in [-0.25, -0.2) is 31.5 Å². The summed E-state index contributed by atoms with van der Waals surface area (Å²) in [6.07, 6.45) is 3.44. The molecular formula is C16H18N4O5S2. The first-order valence-corrected chi connectivity index (χ1v) is 11.4. The zero-order valence-electron chi connectivity index (χ0n) is 14.2. The summed E-state index contributed by atoms with van der Waals surface area (Å²) in [6.45, 7) is 0. The van der Waals surface area contributed by atoms with Crippen molar-refractivity contribution in [1.82, 2.24) is 9.97 Å². The minimum Gasteiger partial charge on any atom is -0.326 e. The molecule has 2 aromatic rings. The van der Waals surface area contributed by atoms with E-state index in [9.17, 15) is 21.6 Å². The van der Waals surface area contributed by atoms with Gasteiger partial charge in [0.25, 0.3) is 10.0 Å². The molecule has 0 radical (unpaired) electrons. The number of nitrogens with zero attached hydrogens (tertiary/aromatic N) is 2. The van der Waals surface area contributed by atoms with E-state index in [-0.39, 0.29) is 40.6 Å². The lowest BCUT2D eigenvalue weighted by Crippen LogP contribution is -2.18.